The number of nitrogens with zero attached hydrogens (tertiary/aromatic N) is 5. The molecule has 1 aliphatic rings. The fourth-order valence-electron chi connectivity index (χ4n) is 3.06. The second-order valence-corrected chi connectivity index (χ2v) is 7.78. The average molecular weight is 489 g/mol. The highest BCUT2D eigenvalue weighted by molar-refractivity contribution is 7.99. The molecule has 33 heavy (non-hydrogen) atoms. The summed E-state index contributed by atoms with van der Waals surface area (Å²) in [6.07, 6.45) is -7.21. The van der Waals surface area contributed by atoms with E-state index in [0.29, 0.717) is 0 Å². The lowest BCUT2D eigenvalue weighted by Gasteiger charge is -2.43. The zero-order valence-corrected chi connectivity index (χ0v) is 18.3. The highest BCUT2D eigenvalue weighted by Gasteiger charge is 2.49. The quantitative estimate of drug-likeness (QED) is 0.243. The zero-order valence-electron chi connectivity index (χ0n) is 17.5. The number of azide groups is 1. The second-order valence-electron chi connectivity index (χ2n) is 6.61. The normalized spacial score (nSPS) is 24.8. The first-order valence-corrected chi connectivity index (χ1v) is 10.1. The lowest BCUT2D eigenvalue weighted by molar-refractivity contribution is -0.196. The van der Waals surface area contributed by atoms with Crippen LogP contribution in [0, 0.1) is 11.3 Å². The van der Waals surface area contributed by atoms with Crippen molar-refractivity contribution in [2.75, 3.05) is 13.7 Å². The number of methoxy groups -OCH3 is 1. The lowest BCUT2D eigenvalue weighted by atomic mass is 9.97. The fraction of sp³-hybridized carbons (Fsp3) is 0.556. The summed E-state index contributed by atoms with van der Waals surface area (Å²) in [5.41, 5.74) is 5.96. The van der Waals surface area contributed by atoms with E-state index in [1.165, 1.54) is 13.2 Å². The first kappa shape index (κ1) is 26.2. The van der Waals surface area contributed by atoms with Gasteiger partial charge in [-0.1, -0.05) is 16.9 Å². The summed E-state index contributed by atoms with van der Waals surface area (Å²) in [6.45, 7) is 1.90. The highest BCUT2D eigenvalue weighted by Crippen LogP contribution is 2.38. The predicted molar refractivity (Wildman–Crippen MR) is 104 cm³/mol. The molecule has 0 amide bonds. The summed E-state index contributed by atoms with van der Waals surface area (Å²) in [6, 6.07) is 1.31. The van der Waals surface area contributed by atoms with Gasteiger partial charge in [0.2, 0.25) is 0 Å². The first-order chi connectivity index (χ1) is 15.5. The summed E-state index contributed by atoms with van der Waals surface area (Å²) < 4.78 is 60.5. The minimum absolute atomic E-state index is 0.128. The van der Waals surface area contributed by atoms with E-state index in [-0.39, 0.29) is 11.5 Å². The van der Waals surface area contributed by atoms with Gasteiger partial charge in [0.25, 0.3) is 0 Å². The van der Waals surface area contributed by atoms with E-state index in [2.05, 4.69) is 15.0 Å². The van der Waals surface area contributed by atoms with Gasteiger partial charge in [0.1, 0.15) is 42.5 Å². The Labute approximate surface area is 189 Å². The monoisotopic (exact) mass is 489 g/mol. The van der Waals surface area contributed by atoms with Crippen LogP contribution in [0.3, 0.4) is 0 Å². The summed E-state index contributed by atoms with van der Waals surface area (Å²) >= 11 is 0.842. The standard InChI is InChI=1S/C18H18F3N5O6S/c1-8(27)30-7-12-14(31-9(2)28)13(25-26-23)15(29-3)17(32-12)33-11-4-10(5-22)16(24-6-11)18(19,20)21/h4,6,12-15,17H,7H2,1-3H3/t12?,13?,14-,15?,17+/m0/s1. The minimum atomic E-state index is -4.82. The van der Waals surface area contributed by atoms with Gasteiger partial charge in [-0.05, 0) is 11.6 Å². The van der Waals surface area contributed by atoms with Gasteiger partial charge in [-0.25, -0.2) is 4.98 Å². The Morgan fingerprint density at radius 1 is 1.36 bits per heavy atom. The molecule has 1 aromatic rings. The third-order valence-corrected chi connectivity index (χ3v) is 5.44. The smallest absolute Gasteiger partial charge is 0.434 e. The summed E-state index contributed by atoms with van der Waals surface area (Å²) in [7, 11) is 1.27. The molecule has 1 aliphatic heterocycles. The van der Waals surface area contributed by atoms with Crippen molar-refractivity contribution in [2.24, 2.45) is 5.11 Å². The van der Waals surface area contributed by atoms with Crippen molar-refractivity contribution < 1.29 is 41.7 Å². The van der Waals surface area contributed by atoms with E-state index in [9.17, 15) is 22.8 Å². The van der Waals surface area contributed by atoms with E-state index in [1.54, 1.807) is 0 Å². The molecule has 0 saturated carbocycles. The maximum atomic E-state index is 13.0. The van der Waals surface area contributed by atoms with Crippen LogP contribution >= 0.6 is 11.8 Å². The van der Waals surface area contributed by atoms with E-state index in [1.807, 2.05) is 0 Å². The maximum absolute atomic E-state index is 13.0. The van der Waals surface area contributed by atoms with E-state index < -0.39 is 59.2 Å². The second kappa shape index (κ2) is 11.2. The van der Waals surface area contributed by atoms with Crippen LogP contribution < -0.4 is 0 Å². The number of pyridine rings is 1. The van der Waals surface area contributed by atoms with Crippen molar-refractivity contribution in [3.8, 4) is 6.07 Å². The molecule has 0 aliphatic carbocycles. The summed E-state index contributed by atoms with van der Waals surface area (Å²) in [5, 5.41) is 12.7. The molecule has 5 atom stereocenters. The number of thioether (sulfide) groups is 1. The molecule has 1 fully saturated rings. The molecule has 0 bridgehead atoms. The third-order valence-electron chi connectivity index (χ3n) is 4.33. The number of alkyl halides is 3. The summed E-state index contributed by atoms with van der Waals surface area (Å²) in [5.74, 6) is -1.37. The van der Waals surface area contributed by atoms with Gasteiger partial charge in [0.15, 0.2) is 5.69 Å². The van der Waals surface area contributed by atoms with E-state index >= 15 is 0 Å². The molecule has 15 heteroatoms. The number of rotatable bonds is 7. The number of carbonyl (C=O) groups is 2. The molecule has 0 radical (unpaired) electrons. The Balaban J connectivity index is 2.42. The number of aromatic nitrogens is 1. The SMILES string of the molecule is COC1C(N=[N+]=[N-])[C@@H](OC(C)=O)C(COC(C)=O)O[C@@H]1Sc1cnc(C(F)(F)F)c(C#N)c1. The number of hydrogen-bond donors (Lipinski definition) is 0. The molecular formula is C18H18F3N5O6S. The van der Waals surface area contributed by atoms with Gasteiger partial charge in [0, 0.05) is 37.0 Å². The van der Waals surface area contributed by atoms with Gasteiger partial charge in [-0.2, -0.15) is 18.4 Å². The molecule has 3 unspecified atom stereocenters. The molecule has 11 nitrogen and oxygen atoms in total. The Kier molecular flexibility index (Phi) is 8.89. The van der Waals surface area contributed by atoms with Crippen molar-refractivity contribution in [1.82, 2.24) is 4.98 Å². The van der Waals surface area contributed by atoms with Crippen molar-refractivity contribution in [2.45, 2.75) is 54.7 Å². The van der Waals surface area contributed by atoms with Crippen molar-refractivity contribution in [1.29, 1.82) is 5.26 Å². The zero-order chi connectivity index (χ0) is 24.8. The molecule has 2 heterocycles. The molecule has 1 saturated heterocycles. The Morgan fingerprint density at radius 3 is 2.58 bits per heavy atom. The molecular weight excluding hydrogens is 471 g/mol. The average Bonchev–Trinajstić information content (AvgIpc) is 2.73. The van der Waals surface area contributed by atoms with Crippen molar-refractivity contribution >= 4 is 23.7 Å². The van der Waals surface area contributed by atoms with Crippen LogP contribution in [-0.2, 0) is 34.7 Å². The lowest BCUT2D eigenvalue weighted by Crippen LogP contribution is -2.59. The van der Waals surface area contributed by atoms with Crippen LogP contribution in [0.2, 0.25) is 0 Å². The number of nitriles is 1. The van der Waals surface area contributed by atoms with Crippen molar-refractivity contribution in [3.05, 3.63) is 34.0 Å². The third kappa shape index (κ3) is 6.72. The molecule has 0 aromatic carbocycles. The van der Waals surface area contributed by atoms with Crippen LogP contribution in [0.15, 0.2) is 22.3 Å². The Bertz CT molecular complexity index is 981. The van der Waals surface area contributed by atoms with Gasteiger partial charge in [-0.15, -0.1) is 0 Å². The number of carbonyl (C=O) groups excluding carboxylic acids is 2. The minimum Gasteiger partial charge on any atom is -0.463 e. The van der Waals surface area contributed by atoms with Crippen LogP contribution in [0.5, 0.6) is 0 Å². The largest absolute Gasteiger partial charge is 0.463 e. The number of halogens is 3. The van der Waals surface area contributed by atoms with Crippen molar-refractivity contribution in [3.63, 3.8) is 0 Å². The Morgan fingerprint density at radius 2 is 2.06 bits per heavy atom. The van der Waals surface area contributed by atoms with Gasteiger partial charge in [-0.3, -0.25) is 9.59 Å². The van der Waals surface area contributed by atoms with E-state index in [0.717, 1.165) is 37.9 Å². The number of esters is 2. The van der Waals surface area contributed by atoms with Gasteiger partial charge in [0.05, 0.1) is 5.56 Å². The van der Waals surface area contributed by atoms with Crippen LogP contribution in [0.4, 0.5) is 13.2 Å². The van der Waals surface area contributed by atoms with Gasteiger partial charge < -0.3 is 18.9 Å². The molecule has 1 aromatic heterocycles. The first-order valence-electron chi connectivity index (χ1n) is 9.18. The van der Waals surface area contributed by atoms with E-state index in [4.69, 9.17) is 29.7 Å². The Hall–Kier alpha value is -3.05. The maximum Gasteiger partial charge on any atom is 0.434 e. The number of hydrogen-bond acceptors (Lipinski definition) is 10. The molecule has 2 rings (SSSR count). The highest BCUT2D eigenvalue weighted by atomic mass is 32.2. The molecule has 0 spiro atoms. The predicted octanol–water partition coefficient (Wildman–Crippen LogP) is 2.98. The number of ether oxygens (including phenoxy) is 4. The summed E-state index contributed by atoms with van der Waals surface area (Å²) in [4.78, 5) is 29.1. The molecule has 0 N–H and O–H groups in total. The van der Waals surface area contributed by atoms with Crippen LogP contribution in [-0.4, -0.2) is 60.4 Å². The van der Waals surface area contributed by atoms with Crippen LogP contribution in [0.25, 0.3) is 10.4 Å². The topological polar surface area (TPSA) is 156 Å². The van der Waals surface area contributed by atoms with Crippen LogP contribution in [0.1, 0.15) is 25.1 Å². The fourth-order valence-corrected chi connectivity index (χ4v) is 4.23. The molecule has 178 valence electrons. The van der Waals surface area contributed by atoms with Gasteiger partial charge >= 0.3 is 18.1 Å².